The third-order valence-electron chi connectivity index (χ3n) is 5.11. The highest BCUT2D eigenvalue weighted by atomic mass is 35.5. The first-order valence-corrected chi connectivity index (χ1v) is 9.00. The van der Waals surface area contributed by atoms with Gasteiger partial charge in [0, 0.05) is 37.6 Å². The Morgan fingerprint density at radius 3 is 2.73 bits per heavy atom. The molecular weight excluding hydrogens is 352 g/mol. The van der Waals surface area contributed by atoms with Crippen LogP contribution in [-0.2, 0) is 29.2 Å². The Morgan fingerprint density at radius 2 is 1.92 bits per heavy atom. The molecule has 0 aromatic heterocycles. The molecule has 134 valence electrons. The molecule has 4 rings (SSSR count). The Morgan fingerprint density at radius 1 is 1.15 bits per heavy atom. The number of phenols is 1. The van der Waals surface area contributed by atoms with Gasteiger partial charge >= 0.3 is 0 Å². The summed E-state index contributed by atoms with van der Waals surface area (Å²) in [6.45, 7) is 1.86. The van der Waals surface area contributed by atoms with Gasteiger partial charge in [0.2, 0.25) is 11.8 Å². The lowest BCUT2D eigenvalue weighted by Crippen LogP contribution is -2.33. The molecule has 0 saturated carbocycles. The third kappa shape index (κ3) is 3.15. The maximum absolute atomic E-state index is 12.9. The molecule has 2 aromatic rings. The van der Waals surface area contributed by atoms with E-state index in [4.69, 9.17) is 11.6 Å². The van der Waals surface area contributed by atoms with Gasteiger partial charge in [-0.25, -0.2) is 0 Å². The number of fused-ring (bicyclic) bond motifs is 1. The van der Waals surface area contributed by atoms with E-state index in [-0.39, 0.29) is 29.9 Å². The highest BCUT2D eigenvalue weighted by Crippen LogP contribution is 2.30. The van der Waals surface area contributed by atoms with E-state index in [2.05, 4.69) is 0 Å². The molecule has 0 radical (unpaired) electrons. The van der Waals surface area contributed by atoms with E-state index < -0.39 is 0 Å². The summed E-state index contributed by atoms with van der Waals surface area (Å²) in [7, 11) is 0. The summed E-state index contributed by atoms with van der Waals surface area (Å²) < 4.78 is 0. The molecule has 1 atom stereocenters. The first kappa shape index (κ1) is 16.9. The van der Waals surface area contributed by atoms with Crippen molar-refractivity contribution in [2.75, 3.05) is 6.54 Å². The molecule has 0 bridgehead atoms. The molecular formula is C20H19ClN2O3. The van der Waals surface area contributed by atoms with Crippen LogP contribution >= 0.6 is 11.6 Å². The molecule has 0 aliphatic carbocycles. The number of aromatic hydroxyl groups is 1. The second-order valence-corrected chi connectivity index (χ2v) is 7.32. The molecule has 1 unspecified atom stereocenters. The van der Waals surface area contributed by atoms with Crippen molar-refractivity contribution in [1.82, 2.24) is 9.80 Å². The van der Waals surface area contributed by atoms with E-state index >= 15 is 0 Å². The van der Waals surface area contributed by atoms with E-state index in [1.54, 1.807) is 28.0 Å². The Kier molecular flexibility index (Phi) is 4.32. The minimum Gasteiger partial charge on any atom is -0.508 e. The maximum atomic E-state index is 12.9. The fraction of sp³-hybridized carbons (Fsp3) is 0.300. The van der Waals surface area contributed by atoms with Gasteiger partial charge in [-0.15, -0.1) is 0 Å². The Labute approximate surface area is 156 Å². The summed E-state index contributed by atoms with van der Waals surface area (Å²) in [5.41, 5.74) is 2.91. The number of carbonyl (C=O) groups is 2. The normalized spacial score (nSPS) is 19.1. The van der Waals surface area contributed by atoms with Crippen LogP contribution in [0.4, 0.5) is 0 Å². The lowest BCUT2D eigenvalue weighted by molar-refractivity contribution is -0.136. The number of benzene rings is 2. The number of hydrogen-bond donors (Lipinski definition) is 1. The largest absolute Gasteiger partial charge is 0.508 e. The summed E-state index contributed by atoms with van der Waals surface area (Å²) >= 11 is 6.18. The average Bonchev–Trinajstić information content (AvgIpc) is 3.20. The molecule has 2 aliphatic rings. The summed E-state index contributed by atoms with van der Waals surface area (Å²) in [6, 6.07) is 12.6. The topological polar surface area (TPSA) is 60.9 Å². The Hall–Kier alpha value is -2.53. The van der Waals surface area contributed by atoms with Gasteiger partial charge in [-0.05, 0) is 34.9 Å². The smallest absolute Gasteiger partial charge is 0.228 e. The second-order valence-electron chi connectivity index (χ2n) is 6.91. The summed E-state index contributed by atoms with van der Waals surface area (Å²) in [6.07, 6.45) is 0.237. The molecule has 1 saturated heterocycles. The summed E-state index contributed by atoms with van der Waals surface area (Å²) in [5.74, 6) is -0.138. The van der Waals surface area contributed by atoms with Crippen LogP contribution in [0.5, 0.6) is 5.75 Å². The number of rotatable bonds is 3. The highest BCUT2D eigenvalue weighted by molar-refractivity contribution is 6.31. The second kappa shape index (κ2) is 6.65. The van der Waals surface area contributed by atoms with Crippen LogP contribution in [0.3, 0.4) is 0 Å². The third-order valence-corrected chi connectivity index (χ3v) is 5.48. The lowest BCUT2D eigenvalue weighted by Gasteiger charge is -2.21. The first-order valence-electron chi connectivity index (χ1n) is 8.62. The summed E-state index contributed by atoms with van der Waals surface area (Å²) in [5, 5.41) is 10.2. The van der Waals surface area contributed by atoms with Crippen molar-refractivity contribution in [3.05, 3.63) is 64.2 Å². The average molecular weight is 371 g/mol. The van der Waals surface area contributed by atoms with Gasteiger partial charge in [-0.2, -0.15) is 0 Å². The molecule has 2 amide bonds. The monoisotopic (exact) mass is 370 g/mol. The minimum absolute atomic E-state index is 0.00398. The zero-order valence-corrected chi connectivity index (χ0v) is 14.9. The zero-order chi connectivity index (χ0) is 18.3. The van der Waals surface area contributed by atoms with E-state index in [1.807, 2.05) is 24.3 Å². The van der Waals surface area contributed by atoms with E-state index in [0.717, 1.165) is 16.7 Å². The predicted molar refractivity (Wildman–Crippen MR) is 97.3 cm³/mol. The molecule has 2 aliphatic heterocycles. The molecule has 6 heteroatoms. The Balaban J connectivity index is 1.43. The van der Waals surface area contributed by atoms with Crippen molar-refractivity contribution < 1.29 is 14.7 Å². The number of halogens is 1. The highest BCUT2D eigenvalue weighted by Gasteiger charge is 2.38. The van der Waals surface area contributed by atoms with E-state index in [0.29, 0.717) is 31.2 Å². The van der Waals surface area contributed by atoms with Crippen molar-refractivity contribution in [2.45, 2.75) is 26.1 Å². The standard InChI is InChI=1S/C20H19ClN2O3/c21-18-4-2-1-3-14(18)10-22-12-16(8-19(22)25)20(26)23-9-13-5-6-17(24)7-15(13)11-23/h1-7,16,24H,8-12H2. The van der Waals surface area contributed by atoms with Crippen molar-refractivity contribution in [3.63, 3.8) is 0 Å². The van der Waals surface area contributed by atoms with E-state index in [1.165, 1.54) is 0 Å². The van der Waals surface area contributed by atoms with Gasteiger partial charge in [0.25, 0.3) is 0 Å². The van der Waals surface area contributed by atoms with Gasteiger partial charge < -0.3 is 14.9 Å². The van der Waals surface area contributed by atoms with E-state index in [9.17, 15) is 14.7 Å². The minimum atomic E-state index is -0.326. The van der Waals surface area contributed by atoms with Crippen molar-refractivity contribution in [2.24, 2.45) is 5.92 Å². The summed E-state index contributed by atoms with van der Waals surface area (Å²) in [4.78, 5) is 28.7. The van der Waals surface area contributed by atoms with Gasteiger partial charge in [0.05, 0.1) is 5.92 Å². The quantitative estimate of drug-likeness (QED) is 0.903. The van der Waals surface area contributed by atoms with Gasteiger partial charge in [0.15, 0.2) is 0 Å². The van der Waals surface area contributed by atoms with Crippen molar-refractivity contribution in [3.8, 4) is 5.75 Å². The van der Waals surface area contributed by atoms with Crippen LogP contribution in [0, 0.1) is 5.92 Å². The zero-order valence-electron chi connectivity index (χ0n) is 14.2. The molecule has 1 N–H and O–H groups in total. The number of amides is 2. The van der Waals surface area contributed by atoms with Crippen LogP contribution in [0.1, 0.15) is 23.1 Å². The van der Waals surface area contributed by atoms with Gasteiger partial charge in [-0.3, -0.25) is 9.59 Å². The van der Waals surface area contributed by atoms with Crippen LogP contribution in [0.15, 0.2) is 42.5 Å². The number of carbonyl (C=O) groups excluding carboxylic acids is 2. The maximum Gasteiger partial charge on any atom is 0.228 e. The van der Waals surface area contributed by atoms with Crippen LogP contribution in [-0.4, -0.2) is 33.3 Å². The van der Waals surface area contributed by atoms with Crippen molar-refractivity contribution in [1.29, 1.82) is 0 Å². The van der Waals surface area contributed by atoms with Gasteiger partial charge in [-0.1, -0.05) is 35.9 Å². The number of hydrogen-bond acceptors (Lipinski definition) is 3. The van der Waals surface area contributed by atoms with Crippen molar-refractivity contribution >= 4 is 23.4 Å². The number of phenolic OH excluding ortho intramolecular Hbond substituents is 1. The molecule has 5 nitrogen and oxygen atoms in total. The van der Waals surface area contributed by atoms with Crippen LogP contribution in [0.2, 0.25) is 5.02 Å². The fourth-order valence-electron chi connectivity index (χ4n) is 3.72. The van der Waals surface area contributed by atoms with Gasteiger partial charge in [0.1, 0.15) is 5.75 Å². The number of likely N-dealkylation sites (tertiary alicyclic amines) is 1. The molecule has 2 aromatic carbocycles. The molecule has 1 fully saturated rings. The molecule has 2 heterocycles. The molecule has 26 heavy (non-hydrogen) atoms. The van der Waals surface area contributed by atoms with Crippen LogP contribution < -0.4 is 0 Å². The lowest BCUT2D eigenvalue weighted by atomic mass is 10.1. The fourth-order valence-corrected chi connectivity index (χ4v) is 3.91. The van der Waals surface area contributed by atoms with Crippen LogP contribution in [0.25, 0.3) is 0 Å². The predicted octanol–water partition coefficient (Wildman–Crippen LogP) is 2.94. The molecule has 0 spiro atoms. The SMILES string of the molecule is O=C1CC(C(=O)N2Cc3ccc(O)cc3C2)CN1Cc1ccccc1Cl. The Bertz CT molecular complexity index is 883. The first-order chi connectivity index (χ1) is 12.5. The number of nitrogens with zero attached hydrogens (tertiary/aromatic N) is 2.